The number of aromatic nitrogens is 5. The summed E-state index contributed by atoms with van der Waals surface area (Å²) in [5.74, 6) is -0.172. The number of aromatic hydroxyl groups is 2. The zero-order valence-electron chi connectivity index (χ0n) is 11.1. The van der Waals surface area contributed by atoms with E-state index < -0.39 is 12.0 Å². The summed E-state index contributed by atoms with van der Waals surface area (Å²) in [4.78, 5) is 30.7. The van der Waals surface area contributed by atoms with E-state index in [2.05, 4.69) is 30.2 Å². The molecular weight excluding hydrogens is 276 g/mol. The molecule has 3 rings (SSSR count). The van der Waals surface area contributed by atoms with Gasteiger partial charge in [0.05, 0.1) is 0 Å². The van der Waals surface area contributed by atoms with E-state index in [0.717, 1.165) is 5.69 Å². The second kappa shape index (κ2) is 4.93. The number of hydrogen-bond donors (Lipinski definition) is 3. The van der Waals surface area contributed by atoms with E-state index in [0.29, 0.717) is 12.2 Å². The molecular formula is C12H12N6O3. The number of anilines is 1. The van der Waals surface area contributed by atoms with E-state index in [1.165, 1.54) is 0 Å². The Morgan fingerprint density at radius 1 is 1.24 bits per heavy atom. The van der Waals surface area contributed by atoms with Crippen molar-refractivity contribution in [3.05, 3.63) is 23.8 Å². The second-order valence-electron chi connectivity index (χ2n) is 4.75. The van der Waals surface area contributed by atoms with Crippen LogP contribution >= 0.6 is 0 Å². The quantitative estimate of drug-likeness (QED) is 0.725. The van der Waals surface area contributed by atoms with Gasteiger partial charge in [-0.15, -0.1) is 4.98 Å². The third kappa shape index (κ3) is 2.86. The normalized spacial score (nSPS) is 20.0. The lowest BCUT2D eigenvalue weighted by Gasteiger charge is -2.03. The average molecular weight is 288 g/mol. The van der Waals surface area contributed by atoms with E-state index in [1.807, 2.05) is 6.92 Å². The van der Waals surface area contributed by atoms with Crippen molar-refractivity contribution in [2.24, 2.45) is 5.92 Å². The fourth-order valence-electron chi connectivity index (χ4n) is 2.03. The van der Waals surface area contributed by atoms with Gasteiger partial charge in [-0.05, 0) is 19.4 Å². The Hall–Kier alpha value is -2.84. The Bertz CT molecular complexity index is 687. The summed E-state index contributed by atoms with van der Waals surface area (Å²) >= 11 is 0. The molecule has 9 heteroatoms. The van der Waals surface area contributed by atoms with Crippen LogP contribution in [0, 0.1) is 12.8 Å². The zero-order valence-corrected chi connectivity index (χ0v) is 11.1. The lowest BCUT2D eigenvalue weighted by atomic mass is 10.2. The highest BCUT2D eigenvalue weighted by atomic mass is 16.3. The van der Waals surface area contributed by atoms with Crippen molar-refractivity contribution >= 4 is 11.9 Å². The van der Waals surface area contributed by atoms with Crippen LogP contribution in [0.15, 0.2) is 12.3 Å². The Labute approximate surface area is 119 Å². The maximum absolute atomic E-state index is 12.0. The molecule has 2 heterocycles. The summed E-state index contributed by atoms with van der Waals surface area (Å²) < 4.78 is 0. The summed E-state index contributed by atoms with van der Waals surface area (Å²) in [6.07, 6.45) is 2.30. The average Bonchev–Trinajstić information content (AvgIpc) is 3.17. The summed E-state index contributed by atoms with van der Waals surface area (Å²) in [6.45, 7) is 1.86. The standard InChI is InChI=1S/C12H12N6O3/c1-5-2-3-13-8(14-5)6-4-7(6)9(19)15-10-16-11(20)18-12(21)17-10/h2-3,6-7H,4H2,1H3,(H3,15,16,17,18,19,20,21)/t6-,7-/m0/s1. The maximum atomic E-state index is 12.0. The Morgan fingerprint density at radius 3 is 2.62 bits per heavy atom. The molecule has 1 aliphatic carbocycles. The van der Waals surface area contributed by atoms with Gasteiger partial charge in [-0.3, -0.25) is 10.1 Å². The monoisotopic (exact) mass is 288 g/mol. The van der Waals surface area contributed by atoms with Crippen LogP contribution in [0.5, 0.6) is 12.0 Å². The molecule has 0 radical (unpaired) electrons. The first-order chi connectivity index (χ1) is 10.0. The van der Waals surface area contributed by atoms with Gasteiger partial charge in [0.2, 0.25) is 11.9 Å². The fraction of sp³-hybridized carbons (Fsp3) is 0.333. The molecule has 1 amide bonds. The molecule has 1 fully saturated rings. The molecule has 1 saturated carbocycles. The molecule has 1 aliphatic rings. The third-order valence-electron chi connectivity index (χ3n) is 3.12. The van der Waals surface area contributed by atoms with Crippen molar-refractivity contribution in [1.29, 1.82) is 0 Å². The van der Waals surface area contributed by atoms with Crippen LogP contribution in [0.4, 0.5) is 5.95 Å². The number of carbonyl (C=O) groups excluding carboxylic acids is 1. The largest absolute Gasteiger partial charge is 0.479 e. The highest BCUT2D eigenvalue weighted by Gasteiger charge is 2.46. The van der Waals surface area contributed by atoms with Gasteiger partial charge in [0.1, 0.15) is 5.82 Å². The SMILES string of the molecule is Cc1ccnc([C@H]2C[C@@H]2C(=O)Nc2nc(O)nc(O)n2)n1. The first kappa shape index (κ1) is 13.2. The molecule has 21 heavy (non-hydrogen) atoms. The lowest BCUT2D eigenvalue weighted by Crippen LogP contribution is -2.17. The lowest BCUT2D eigenvalue weighted by molar-refractivity contribution is -0.117. The molecule has 0 aromatic carbocycles. The minimum atomic E-state index is -0.660. The van der Waals surface area contributed by atoms with Crippen LogP contribution < -0.4 is 5.32 Å². The maximum Gasteiger partial charge on any atom is 0.321 e. The number of carbonyl (C=O) groups is 1. The van der Waals surface area contributed by atoms with Crippen LogP contribution in [0.25, 0.3) is 0 Å². The van der Waals surface area contributed by atoms with Crippen LogP contribution in [-0.4, -0.2) is 41.0 Å². The van der Waals surface area contributed by atoms with Crippen LogP contribution in [-0.2, 0) is 4.79 Å². The molecule has 2 aromatic heterocycles. The van der Waals surface area contributed by atoms with Gasteiger partial charge in [-0.2, -0.15) is 9.97 Å². The highest BCUT2D eigenvalue weighted by Crippen LogP contribution is 2.46. The fourth-order valence-corrected chi connectivity index (χ4v) is 2.03. The summed E-state index contributed by atoms with van der Waals surface area (Å²) in [5.41, 5.74) is 0.846. The van der Waals surface area contributed by atoms with Gasteiger partial charge in [0.25, 0.3) is 0 Å². The number of rotatable bonds is 3. The Morgan fingerprint density at radius 2 is 1.95 bits per heavy atom. The van der Waals surface area contributed by atoms with Gasteiger partial charge in [0, 0.05) is 23.7 Å². The van der Waals surface area contributed by atoms with Crippen LogP contribution in [0.1, 0.15) is 23.9 Å². The topological polar surface area (TPSA) is 134 Å². The minimum Gasteiger partial charge on any atom is -0.479 e. The van der Waals surface area contributed by atoms with Crippen molar-refractivity contribution < 1.29 is 15.0 Å². The summed E-state index contributed by atoms with van der Waals surface area (Å²) in [5, 5.41) is 20.7. The van der Waals surface area contributed by atoms with Gasteiger partial charge in [0.15, 0.2) is 0 Å². The first-order valence-corrected chi connectivity index (χ1v) is 6.27. The zero-order chi connectivity index (χ0) is 15.0. The van der Waals surface area contributed by atoms with Gasteiger partial charge < -0.3 is 10.2 Å². The molecule has 9 nitrogen and oxygen atoms in total. The van der Waals surface area contributed by atoms with Gasteiger partial charge >= 0.3 is 12.0 Å². The van der Waals surface area contributed by atoms with Crippen molar-refractivity contribution in [1.82, 2.24) is 24.9 Å². The molecule has 0 aliphatic heterocycles. The predicted molar refractivity (Wildman–Crippen MR) is 69.4 cm³/mol. The number of aryl methyl sites for hydroxylation is 1. The predicted octanol–water partition coefficient (Wildman–Crippen LogP) is 0.123. The van der Waals surface area contributed by atoms with Crippen molar-refractivity contribution in [2.45, 2.75) is 19.3 Å². The minimum absolute atomic E-state index is 0.0334. The summed E-state index contributed by atoms with van der Waals surface area (Å²) in [6, 6.07) is 0.469. The molecule has 0 bridgehead atoms. The second-order valence-corrected chi connectivity index (χ2v) is 4.75. The van der Waals surface area contributed by atoms with E-state index in [-0.39, 0.29) is 23.7 Å². The van der Waals surface area contributed by atoms with Gasteiger partial charge in [-0.25, -0.2) is 9.97 Å². The van der Waals surface area contributed by atoms with Crippen molar-refractivity contribution in [3.8, 4) is 12.0 Å². The number of nitrogens with zero attached hydrogens (tertiary/aromatic N) is 5. The third-order valence-corrected chi connectivity index (χ3v) is 3.12. The first-order valence-electron chi connectivity index (χ1n) is 6.27. The van der Waals surface area contributed by atoms with E-state index in [9.17, 15) is 4.79 Å². The van der Waals surface area contributed by atoms with Crippen LogP contribution in [0.2, 0.25) is 0 Å². The molecule has 0 saturated heterocycles. The molecule has 2 aromatic rings. The number of amides is 1. The molecule has 3 N–H and O–H groups in total. The van der Waals surface area contributed by atoms with Crippen molar-refractivity contribution in [2.75, 3.05) is 5.32 Å². The molecule has 108 valence electrons. The Balaban J connectivity index is 1.68. The van der Waals surface area contributed by atoms with E-state index >= 15 is 0 Å². The van der Waals surface area contributed by atoms with E-state index in [4.69, 9.17) is 10.2 Å². The van der Waals surface area contributed by atoms with Crippen molar-refractivity contribution in [3.63, 3.8) is 0 Å². The number of hydrogen-bond acceptors (Lipinski definition) is 8. The van der Waals surface area contributed by atoms with Crippen LogP contribution in [0.3, 0.4) is 0 Å². The molecule has 0 unspecified atom stereocenters. The number of nitrogens with one attached hydrogen (secondary N) is 1. The highest BCUT2D eigenvalue weighted by molar-refractivity contribution is 5.93. The summed E-state index contributed by atoms with van der Waals surface area (Å²) in [7, 11) is 0. The van der Waals surface area contributed by atoms with E-state index in [1.54, 1.807) is 12.3 Å². The Kier molecular flexibility index (Phi) is 3.09. The molecule has 2 atom stereocenters. The molecule has 0 spiro atoms. The smallest absolute Gasteiger partial charge is 0.321 e. The van der Waals surface area contributed by atoms with Gasteiger partial charge in [-0.1, -0.05) is 0 Å².